The molecule has 0 radical (unpaired) electrons. The average molecular weight is 284 g/mol. The lowest BCUT2D eigenvalue weighted by Gasteiger charge is -2.35. The van der Waals surface area contributed by atoms with Crippen LogP contribution in [0.5, 0.6) is 5.75 Å². The lowest BCUT2D eigenvalue weighted by atomic mass is 10.2. The largest absolute Gasteiger partial charge is 0.505 e. The van der Waals surface area contributed by atoms with Crippen LogP contribution in [-0.2, 0) is 0 Å². The molecule has 108 valence electrons. The molecule has 3 rings (SSSR count). The maximum atomic E-state index is 12.4. The second-order valence-corrected chi connectivity index (χ2v) is 4.86. The number of aromatic hydroxyl groups is 1. The van der Waals surface area contributed by atoms with Crippen molar-refractivity contribution < 1.29 is 9.90 Å². The second-order valence-electron chi connectivity index (χ2n) is 4.86. The minimum Gasteiger partial charge on any atom is -0.505 e. The van der Waals surface area contributed by atoms with Gasteiger partial charge in [-0.05, 0) is 18.2 Å². The van der Waals surface area contributed by atoms with E-state index < -0.39 is 0 Å². The predicted molar refractivity (Wildman–Crippen MR) is 78.3 cm³/mol. The Bertz CT molecular complexity index is 625. The summed E-state index contributed by atoms with van der Waals surface area (Å²) in [6.07, 6.45) is 4.57. The fourth-order valence-corrected chi connectivity index (χ4v) is 2.42. The third kappa shape index (κ3) is 2.79. The lowest BCUT2D eigenvalue weighted by molar-refractivity contribution is 0.0743. The van der Waals surface area contributed by atoms with E-state index in [1.807, 2.05) is 18.2 Å². The summed E-state index contributed by atoms with van der Waals surface area (Å²) in [5.41, 5.74) is 0.302. The molecule has 0 aromatic carbocycles. The number of rotatable bonds is 2. The van der Waals surface area contributed by atoms with E-state index in [1.165, 1.54) is 12.4 Å². The number of nitrogens with zero attached hydrogens (tertiary/aromatic N) is 4. The maximum Gasteiger partial charge on any atom is 0.257 e. The molecule has 0 saturated carbocycles. The zero-order valence-electron chi connectivity index (χ0n) is 11.5. The van der Waals surface area contributed by atoms with Crippen molar-refractivity contribution in [3.63, 3.8) is 0 Å². The van der Waals surface area contributed by atoms with Crippen molar-refractivity contribution in [2.45, 2.75) is 0 Å². The fourth-order valence-electron chi connectivity index (χ4n) is 2.42. The van der Waals surface area contributed by atoms with Crippen LogP contribution in [0.3, 0.4) is 0 Å². The van der Waals surface area contributed by atoms with E-state index in [9.17, 15) is 9.90 Å². The first-order valence-electron chi connectivity index (χ1n) is 6.84. The minimum absolute atomic E-state index is 0.0744. The van der Waals surface area contributed by atoms with Crippen molar-refractivity contribution in [1.29, 1.82) is 0 Å². The van der Waals surface area contributed by atoms with Crippen LogP contribution in [0.1, 0.15) is 10.4 Å². The number of amides is 1. The van der Waals surface area contributed by atoms with E-state index in [4.69, 9.17) is 0 Å². The molecule has 21 heavy (non-hydrogen) atoms. The standard InChI is InChI=1S/C15H16N4O2/c20-13-11-16-6-4-12(13)15(21)19-9-7-18(8-10-19)14-3-1-2-5-17-14/h1-6,11,20H,7-10H2. The highest BCUT2D eigenvalue weighted by Crippen LogP contribution is 2.19. The zero-order valence-corrected chi connectivity index (χ0v) is 11.5. The van der Waals surface area contributed by atoms with Crippen molar-refractivity contribution in [1.82, 2.24) is 14.9 Å². The smallest absolute Gasteiger partial charge is 0.257 e. The van der Waals surface area contributed by atoms with Crippen molar-refractivity contribution in [3.8, 4) is 5.75 Å². The summed E-state index contributed by atoms with van der Waals surface area (Å²) in [5.74, 6) is 0.696. The summed E-state index contributed by atoms with van der Waals surface area (Å²) < 4.78 is 0. The molecule has 0 spiro atoms. The van der Waals surface area contributed by atoms with Gasteiger partial charge in [0.15, 0.2) is 0 Å². The molecule has 1 aliphatic heterocycles. The van der Waals surface area contributed by atoms with E-state index in [2.05, 4.69) is 14.9 Å². The first kappa shape index (κ1) is 13.4. The Morgan fingerprint density at radius 3 is 2.57 bits per heavy atom. The van der Waals surface area contributed by atoms with E-state index in [-0.39, 0.29) is 11.7 Å². The molecular formula is C15H16N4O2. The van der Waals surface area contributed by atoms with Gasteiger partial charge in [0.1, 0.15) is 11.6 Å². The number of carbonyl (C=O) groups excluding carboxylic acids is 1. The van der Waals surface area contributed by atoms with Gasteiger partial charge in [-0.2, -0.15) is 0 Å². The number of aromatic nitrogens is 2. The third-order valence-corrected chi connectivity index (χ3v) is 3.57. The topological polar surface area (TPSA) is 69.6 Å². The molecule has 0 unspecified atom stereocenters. The quantitative estimate of drug-likeness (QED) is 0.895. The van der Waals surface area contributed by atoms with Gasteiger partial charge in [-0.25, -0.2) is 4.98 Å². The SMILES string of the molecule is O=C(c1ccncc1O)N1CCN(c2ccccn2)CC1. The van der Waals surface area contributed by atoms with Crippen molar-refractivity contribution in [2.75, 3.05) is 31.1 Å². The number of pyridine rings is 2. The second kappa shape index (κ2) is 5.78. The maximum absolute atomic E-state index is 12.4. The Hall–Kier alpha value is -2.63. The molecule has 0 aliphatic carbocycles. The predicted octanol–water partition coefficient (Wildman–Crippen LogP) is 1.14. The fraction of sp³-hybridized carbons (Fsp3) is 0.267. The van der Waals surface area contributed by atoms with Gasteiger partial charge in [0.2, 0.25) is 0 Å². The normalized spacial score (nSPS) is 15.0. The molecule has 3 heterocycles. The third-order valence-electron chi connectivity index (χ3n) is 3.57. The van der Waals surface area contributed by atoms with Crippen LogP contribution in [0.2, 0.25) is 0 Å². The summed E-state index contributed by atoms with van der Waals surface area (Å²) in [5, 5.41) is 9.71. The zero-order chi connectivity index (χ0) is 14.7. The number of piperazine rings is 1. The average Bonchev–Trinajstić information content (AvgIpc) is 2.56. The van der Waals surface area contributed by atoms with Crippen LogP contribution in [0.4, 0.5) is 5.82 Å². The molecular weight excluding hydrogens is 268 g/mol. The number of anilines is 1. The van der Waals surface area contributed by atoms with E-state index in [1.54, 1.807) is 17.2 Å². The van der Waals surface area contributed by atoms with Crippen LogP contribution in [0, 0.1) is 0 Å². The summed E-state index contributed by atoms with van der Waals surface area (Å²) in [6.45, 7) is 2.68. The van der Waals surface area contributed by atoms with Crippen molar-refractivity contribution >= 4 is 11.7 Å². The van der Waals surface area contributed by atoms with Gasteiger partial charge in [-0.3, -0.25) is 9.78 Å². The van der Waals surface area contributed by atoms with Crippen LogP contribution < -0.4 is 4.90 Å². The van der Waals surface area contributed by atoms with Gasteiger partial charge in [0.05, 0.1) is 11.8 Å². The summed E-state index contributed by atoms with van der Waals surface area (Å²) in [6, 6.07) is 7.35. The Morgan fingerprint density at radius 2 is 1.90 bits per heavy atom. The molecule has 2 aromatic heterocycles. The highest BCUT2D eigenvalue weighted by atomic mass is 16.3. The molecule has 0 atom stereocenters. The molecule has 1 fully saturated rings. The number of hydrogen-bond donors (Lipinski definition) is 1. The van der Waals surface area contributed by atoms with Gasteiger partial charge >= 0.3 is 0 Å². The molecule has 1 N–H and O–H groups in total. The van der Waals surface area contributed by atoms with Gasteiger partial charge in [0, 0.05) is 38.6 Å². The molecule has 6 heteroatoms. The molecule has 1 aliphatic rings. The van der Waals surface area contributed by atoms with E-state index in [0.717, 1.165) is 18.9 Å². The van der Waals surface area contributed by atoms with Crippen LogP contribution in [-0.4, -0.2) is 52.1 Å². The molecule has 1 amide bonds. The highest BCUT2D eigenvalue weighted by molar-refractivity contribution is 5.96. The van der Waals surface area contributed by atoms with Gasteiger partial charge in [-0.1, -0.05) is 6.07 Å². The summed E-state index contributed by atoms with van der Waals surface area (Å²) >= 11 is 0. The molecule has 1 saturated heterocycles. The van der Waals surface area contributed by atoms with Crippen LogP contribution in [0.25, 0.3) is 0 Å². The first-order chi connectivity index (χ1) is 10.3. The molecule has 6 nitrogen and oxygen atoms in total. The van der Waals surface area contributed by atoms with Gasteiger partial charge < -0.3 is 14.9 Å². The highest BCUT2D eigenvalue weighted by Gasteiger charge is 2.24. The van der Waals surface area contributed by atoms with Crippen molar-refractivity contribution in [2.24, 2.45) is 0 Å². The van der Waals surface area contributed by atoms with Gasteiger partial charge in [-0.15, -0.1) is 0 Å². The van der Waals surface area contributed by atoms with Crippen LogP contribution >= 0.6 is 0 Å². The van der Waals surface area contributed by atoms with Crippen molar-refractivity contribution in [3.05, 3.63) is 48.4 Å². The monoisotopic (exact) mass is 284 g/mol. The Labute approximate surface area is 122 Å². The summed E-state index contributed by atoms with van der Waals surface area (Å²) in [4.78, 5) is 24.4. The van der Waals surface area contributed by atoms with Gasteiger partial charge in [0.25, 0.3) is 5.91 Å². The number of hydrogen-bond acceptors (Lipinski definition) is 5. The van der Waals surface area contributed by atoms with E-state index in [0.29, 0.717) is 18.7 Å². The van der Waals surface area contributed by atoms with Crippen LogP contribution in [0.15, 0.2) is 42.9 Å². The Kier molecular flexibility index (Phi) is 3.68. The summed E-state index contributed by atoms with van der Waals surface area (Å²) in [7, 11) is 0. The first-order valence-corrected chi connectivity index (χ1v) is 6.84. The molecule has 0 bridgehead atoms. The lowest BCUT2D eigenvalue weighted by Crippen LogP contribution is -2.49. The number of carbonyl (C=O) groups is 1. The molecule has 2 aromatic rings. The van der Waals surface area contributed by atoms with E-state index >= 15 is 0 Å². The Balaban J connectivity index is 1.66. The Morgan fingerprint density at radius 1 is 1.10 bits per heavy atom. The minimum atomic E-state index is -0.157.